The number of hydrogen-bond donors (Lipinski definition) is 1. The van der Waals surface area contributed by atoms with Gasteiger partial charge in [0.25, 0.3) is 0 Å². The van der Waals surface area contributed by atoms with Crippen molar-refractivity contribution < 1.29 is 8.42 Å². The maximum absolute atomic E-state index is 11.2. The van der Waals surface area contributed by atoms with Gasteiger partial charge in [0, 0.05) is 19.6 Å². The molecule has 0 fully saturated rings. The van der Waals surface area contributed by atoms with Crippen LogP contribution in [-0.2, 0) is 36.2 Å². The fourth-order valence-corrected chi connectivity index (χ4v) is 3.64. The Labute approximate surface area is 143 Å². The number of rotatable bonds is 5. The lowest BCUT2D eigenvalue weighted by atomic mass is 10.1. The number of benzene rings is 1. The molecule has 24 heavy (non-hydrogen) atoms. The molecule has 0 bridgehead atoms. The Balaban J connectivity index is 1.67. The van der Waals surface area contributed by atoms with Crippen LogP contribution in [0.15, 0.2) is 24.3 Å². The summed E-state index contributed by atoms with van der Waals surface area (Å²) >= 11 is 0. The summed E-state index contributed by atoms with van der Waals surface area (Å²) in [4.78, 5) is 2.40. The Bertz CT molecular complexity index is 822. The first-order chi connectivity index (χ1) is 11.3. The highest BCUT2D eigenvalue weighted by molar-refractivity contribution is 7.88. The van der Waals surface area contributed by atoms with Gasteiger partial charge in [0.15, 0.2) is 0 Å². The third-order valence-corrected chi connectivity index (χ3v) is 4.80. The lowest BCUT2D eigenvalue weighted by molar-refractivity contribution is 0.205. The zero-order valence-corrected chi connectivity index (χ0v) is 15.2. The van der Waals surface area contributed by atoms with E-state index in [2.05, 4.69) is 46.8 Å². The maximum atomic E-state index is 11.2. The van der Waals surface area contributed by atoms with E-state index >= 15 is 0 Å². The molecule has 2 aromatic rings. The van der Waals surface area contributed by atoms with Gasteiger partial charge in [-0.15, -0.1) is 0 Å². The van der Waals surface area contributed by atoms with Gasteiger partial charge in [0.1, 0.15) is 0 Å². The summed E-state index contributed by atoms with van der Waals surface area (Å²) in [6.07, 6.45) is 1.16. The van der Waals surface area contributed by atoms with Crippen molar-refractivity contribution in [3.05, 3.63) is 52.3 Å². The van der Waals surface area contributed by atoms with Crippen molar-refractivity contribution >= 4 is 10.0 Å². The van der Waals surface area contributed by atoms with E-state index in [0.29, 0.717) is 0 Å². The average molecular weight is 348 g/mol. The molecule has 7 heteroatoms. The summed E-state index contributed by atoms with van der Waals surface area (Å²) in [5.74, 6) is 0. The fourth-order valence-electron chi connectivity index (χ4n) is 3.22. The van der Waals surface area contributed by atoms with Gasteiger partial charge in [-0.2, -0.15) is 5.10 Å². The fraction of sp³-hybridized carbons (Fsp3) is 0.471. The van der Waals surface area contributed by atoms with Gasteiger partial charge >= 0.3 is 0 Å². The molecule has 1 aromatic heterocycles. The number of nitrogens with zero attached hydrogens (tertiary/aromatic N) is 3. The van der Waals surface area contributed by atoms with Crippen LogP contribution in [0.5, 0.6) is 0 Å². The second-order valence-corrected chi connectivity index (χ2v) is 8.48. The smallest absolute Gasteiger partial charge is 0.209 e. The Morgan fingerprint density at radius 2 is 1.83 bits per heavy atom. The van der Waals surface area contributed by atoms with Crippen molar-refractivity contribution in [2.45, 2.75) is 40.0 Å². The first kappa shape index (κ1) is 17.1. The third-order valence-electron chi connectivity index (χ3n) is 4.13. The van der Waals surface area contributed by atoms with E-state index in [1.165, 1.54) is 16.7 Å². The van der Waals surface area contributed by atoms with E-state index in [-0.39, 0.29) is 6.54 Å². The third kappa shape index (κ3) is 4.43. The second kappa shape index (κ2) is 6.66. The lowest BCUT2D eigenvalue weighted by Gasteiger charge is -2.27. The summed E-state index contributed by atoms with van der Waals surface area (Å²) in [7, 11) is -3.19. The quantitative estimate of drug-likeness (QED) is 0.891. The van der Waals surface area contributed by atoms with Crippen molar-refractivity contribution in [1.82, 2.24) is 19.4 Å². The highest BCUT2D eigenvalue weighted by atomic mass is 32.2. The molecule has 0 amide bonds. The van der Waals surface area contributed by atoms with Crippen LogP contribution < -0.4 is 4.72 Å². The molecule has 1 aliphatic rings. The van der Waals surface area contributed by atoms with Crippen LogP contribution in [-0.4, -0.2) is 35.9 Å². The minimum Gasteiger partial charge on any atom is -0.291 e. The van der Waals surface area contributed by atoms with Crippen LogP contribution in [0, 0.1) is 13.8 Å². The van der Waals surface area contributed by atoms with E-state index < -0.39 is 10.0 Å². The first-order valence-electron chi connectivity index (χ1n) is 8.08. The van der Waals surface area contributed by atoms with Crippen molar-refractivity contribution in [2.75, 3.05) is 12.8 Å². The van der Waals surface area contributed by atoms with Gasteiger partial charge in [-0.3, -0.25) is 9.58 Å². The van der Waals surface area contributed by atoms with E-state index in [9.17, 15) is 8.42 Å². The highest BCUT2D eigenvalue weighted by Gasteiger charge is 2.19. The Morgan fingerprint density at radius 1 is 1.12 bits per heavy atom. The standard InChI is InChI=1S/C17H24N4O2S/c1-13-6-14(2)8-15(7-13)11-20-4-5-21-17(12-20)9-16(19-21)10-18-24(3,22)23/h6-9,18H,4-5,10-12H2,1-3H3. The lowest BCUT2D eigenvalue weighted by Crippen LogP contribution is -2.33. The van der Waals surface area contributed by atoms with E-state index in [4.69, 9.17) is 0 Å². The SMILES string of the molecule is Cc1cc(C)cc(CN2CCn3nc(CNS(C)(=O)=O)cc3C2)c1. The molecule has 6 nitrogen and oxygen atoms in total. The van der Waals surface area contributed by atoms with E-state index in [1.807, 2.05) is 10.7 Å². The molecule has 1 N–H and O–H groups in total. The van der Waals surface area contributed by atoms with Crippen LogP contribution >= 0.6 is 0 Å². The van der Waals surface area contributed by atoms with Crippen molar-refractivity contribution in [3.63, 3.8) is 0 Å². The van der Waals surface area contributed by atoms with Gasteiger partial charge in [0.05, 0.1) is 30.7 Å². The Hall–Kier alpha value is -1.70. The van der Waals surface area contributed by atoms with Crippen molar-refractivity contribution in [1.29, 1.82) is 0 Å². The molecule has 3 rings (SSSR count). The summed E-state index contributed by atoms with van der Waals surface area (Å²) < 4.78 is 26.9. The van der Waals surface area contributed by atoms with Gasteiger partial charge in [-0.1, -0.05) is 29.3 Å². The molecule has 0 aliphatic carbocycles. The molecule has 0 atom stereocenters. The highest BCUT2D eigenvalue weighted by Crippen LogP contribution is 2.18. The monoisotopic (exact) mass is 348 g/mol. The molecule has 0 spiro atoms. The summed E-state index contributed by atoms with van der Waals surface area (Å²) in [5, 5.41) is 4.49. The van der Waals surface area contributed by atoms with E-state index in [0.717, 1.165) is 43.8 Å². The molecule has 130 valence electrons. The van der Waals surface area contributed by atoms with Gasteiger partial charge in [-0.05, 0) is 25.5 Å². The van der Waals surface area contributed by atoms with E-state index in [1.54, 1.807) is 0 Å². The average Bonchev–Trinajstić information content (AvgIpc) is 2.85. The number of aryl methyl sites for hydroxylation is 2. The number of hydrogen-bond acceptors (Lipinski definition) is 4. The van der Waals surface area contributed by atoms with Crippen molar-refractivity contribution in [2.24, 2.45) is 0 Å². The number of sulfonamides is 1. The van der Waals surface area contributed by atoms with Gasteiger partial charge < -0.3 is 0 Å². The molecule has 0 unspecified atom stereocenters. The summed E-state index contributed by atoms with van der Waals surface area (Å²) in [5.41, 5.74) is 5.82. The van der Waals surface area contributed by atoms with Crippen LogP contribution in [0.25, 0.3) is 0 Å². The van der Waals surface area contributed by atoms with Crippen LogP contribution in [0.4, 0.5) is 0 Å². The molecule has 0 saturated heterocycles. The molecule has 0 saturated carbocycles. The molecular weight excluding hydrogens is 324 g/mol. The summed E-state index contributed by atoms with van der Waals surface area (Å²) in [6.45, 7) is 8.03. The predicted octanol–water partition coefficient (Wildman–Crippen LogP) is 1.56. The maximum Gasteiger partial charge on any atom is 0.209 e. The molecular formula is C17H24N4O2S. The minimum absolute atomic E-state index is 0.246. The largest absolute Gasteiger partial charge is 0.291 e. The Kier molecular flexibility index (Phi) is 4.76. The number of aromatic nitrogens is 2. The molecule has 2 heterocycles. The van der Waals surface area contributed by atoms with Gasteiger partial charge in [0.2, 0.25) is 10.0 Å². The number of nitrogens with one attached hydrogen (secondary N) is 1. The zero-order valence-electron chi connectivity index (χ0n) is 14.4. The first-order valence-corrected chi connectivity index (χ1v) is 9.97. The van der Waals surface area contributed by atoms with Crippen LogP contribution in [0.1, 0.15) is 28.1 Å². The molecule has 0 radical (unpaired) electrons. The van der Waals surface area contributed by atoms with Crippen molar-refractivity contribution in [3.8, 4) is 0 Å². The molecule has 1 aromatic carbocycles. The molecule has 1 aliphatic heterocycles. The van der Waals surface area contributed by atoms with Crippen LogP contribution in [0.2, 0.25) is 0 Å². The Morgan fingerprint density at radius 3 is 2.50 bits per heavy atom. The van der Waals surface area contributed by atoms with Crippen LogP contribution in [0.3, 0.4) is 0 Å². The predicted molar refractivity (Wildman–Crippen MR) is 93.9 cm³/mol. The second-order valence-electron chi connectivity index (χ2n) is 6.65. The normalized spacial score (nSPS) is 15.5. The number of fused-ring (bicyclic) bond motifs is 1. The van der Waals surface area contributed by atoms with Gasteiger partial charge in [-0.25, -0.2) is 13.1 Å². The minimum atomic E-state index is -3.19. The zero-order chi connectivity index (χ0) is 17.3. The summed E-state index contributed by atoms with van der Waals surface area (Å²) in [6, 6.07) is 8.66. The topological polar surface area (TPSA) is 67.2 Å².